The summed E-state index contributed by atoms with van der Waals surface area (Å²) in [5.74, 6) is 0. The fraction of sp³-hybridized carbons (Fsp3) is 0.312. The van der Waals surface area contributed by atoms with Crippen LogP contribution in [0.25, 0.3) is 0 Å². The van der Waals surface area contributed by atoms with Crippen molar-refractivity contribution < 1.29 is 0 Å². The van der Waals surface area contributed by atoms with Crippen LogP contribution in [0.1, 0.15) is 31.0 Å². The number of fused-ring (bicyclic) bond motifs is 1. The highest BCUT2D eigenvalue weighted by Gasteiger charge is 2.39. The lowest BCUT2D eigenvalue weighted by Gasteiger charge is -2.29. The van der Waals surface area contributed by atoms with Gasteiger partial charge in [-0.3, -0.25) is 4.98 Å². The van der Waals surface area contributed by atoms with Gasteiger partial charge in [-0.1, -0.05) is 43.1 Å². The van der Waals surface area contributed by atoms with Crippen LogP contribution in [0.2, 0.25) is 10.0 Å². The molecule has 0 aliphatic heterocycles. The lowest BCUT2D eigenvalue weighted by molar-refractivity contribution is 0.337. The van der Waals surface area contributed by atoms with E-state index >= 15 is 0 Å². The molecule has 1 heterocycles. The molecule has 1 unspecified atom stereocenters. The molecule has 1 aliphatic rings. The Morgan fingerprint density at radius 1 is 1.25 bits per heavy atom. The van der Waals surface area contributed by atoms with E-state index in [9.17, 15) is 0 Å². The quantitative estimate of drug-likeness (QED) is 0.832. The average Bonchev–Trinajstić information content (AvgIpc) is 2.63. The van der Waals surface area contributed by atoms with Crippen LogP contribution in [0.5, 0.6) is 0 Å². The number of pyridine rings is 1. The van der Waals surface area contributed by atoms with Crippen molar-refractivity contribution in [3.63, 3.8) is 0 Å². The van der Waals surface area contributed by atoms with Crippen LogP contribution in [0.3, 0.4) is 0 Å². The van der Waals surface area contributed by atoms with Crippen molar-refractivity contribution in [2.24, 2.45) is 5.41 Å². The molecular formula is C16H16Cl2N2. The Morgan fingerprint density at radius 3 is 2.80 bits per heavy atom. The first-order valence-electron chi connectivity index (χ1n) is 6.62. The molecule has 104 valence electrons. The number of rotatable bonds is 2. The summed E-state index contributed by atoms with van der Waals surface area (Å²) in [6.45, 7) is 4.51. The Morgan fingerprint density at radius 2 is 2.05 bits per heavy atom. The van der Waals surface area contributed by atoms with Gasteiger partial charge in [0.1, 0.15) is 0 Å². The van der Waals surface area contributed by atoms with Gasteiger partial charge in [0.2, 0.25) is 0 Å². The lowest BCUT2D eigenvalue weighted by atomic mass is 9.85. The average molecular weight is 307 g/mol. The minimum Gasteiger partial charge on any atom is -0.375 e. The summed E-state index contributed by atoms with van der Waals surface area (Å²) in [4.78, 5) is 4.14. The van der Waals surface area contributed by atoms with E-state index in [4.69, 9.17) is 23.2 Å². The molecule has 2 nitrogen and oxygen atoms in total. The molecule has 1 aliphatic carbocycles. The van der Waals surface area contributed by atoms with Crippen LogP contribution in [0, 0.1) is 5.41 Å². The highest BCUT2D eigenvalue weighted by molar-refractivity contribution is 6.33. The minimum absolute atomic E-state index is 0.103. The summed E-state index contributed by atoms with van der Waals surface area (Å²) in [6, 6.07) is 8.10. The molecule has 0 bridgehead atoms. The van der Waals surface area contributed by atoms with Crippen LogP contribution in [0.15, 0.2) is 36.7 Å². The zero-order valence-electron chi connectivity index (χ0n) is 11.5. The van der Waals surface area contributed by atoms with Gasteiger partial charge in [-0.2, -0.15) is 0 Å². The summed E-state index contributed by atoms with van der Waals surface area (Å²) in [6.07, 6.45) is 4.48. The van der Waals surface area contributed by atoms with E-state index in [-0.39, 0.29) is 11.5 Å². The number of anilines is 1. The number of nitrogens with zero attached hydrogens (tertiary/aromatic N) is 1. The van der Waals surface area contributed by atoms with Gasteiger partial charge in [-0.15, -0.1) is 0 Å². The number of hydrogen-bond donors (Lipinski definition) is 1. The molecule has 2 aromatic rings. The summed E-state index contributed by atoms with van der Waals surface area (Å²) in [7, 11) is 0. The second-order valence-electron chi connectivity index (χ2n) is 5.94. The van der Waals surface area contributed by atoms with Crippen LogP contribution in [0.4, 0.5) is 5.69 Å². The number of aromatic nitrogens is 1. The predicted molar refractivity (Wildman–Crippen MR) is 84.5 cm³/mol. The largest absolute Gasteiger partial charge is 0.375 e. The smallest absolute Gasteiger partial charge is 0.0721 e. The van der Waals surface area contributed by atoms with E-state index in [1.807, 2.05) is 12.1 Å². The second kappa shape index (κ2) is 4.94. The van der Waals surface area contributed by atoms with Crippen molar-refractivity contribution in [1.29, 1.82) is 0 Å². The molecule has 1 N–H and O–H groups in total. The lowest BCUT2D eigenvalue weighted by Crippen LogP contribution is -2.24. The zero-order valence-corrected chi connectivity index (χ0v) is 13.0. The first-order chi connectivity index (χ1) is 9.47. The maximum atomic E-state index is 6.23. The van der Waals surface area contributed by atoms with E-state index in [0.717, 1.165) is 17.1 Å². The van der Waals surface area contributed by atoms with Crippen molar-refractivity contribution in [1.82, 2.24) is 4.98 Å². The first-order valence-corrected chi connectivity index (χ1v) is 7.37. The van der Waals surface area contributed by atoms with E-state index in [1.165, 1.54) is 11.1 Å². The standard InChI is InChI=1S/C16H16Cl2N2/c1-16(2)8-10-3-4-11(17)7-12(10)15(16)20-14-9-19-6-5-13(14)18/h3-7,9,15,20H,8H2,1-2H3. The topological polar surface area (TPSA) is 24.9 Å². The predicted octanol–water partition coefficient (Wildman–Crippen LogP) is 5.12. The van der Waals surface area contributed by atoms with Crippen molar-refractivity contribution in [2.75, 3.05) is 5.32 Å². The van der Waals surface area contributed by atoms with E-state index in [1.54, 1.807) is 18.5 Å². The maximum absolute atomic E-state index is 6.23. The molecule has 1 atom stereocenters. The normalized spacial score (nSPS) is 19.7. The molecule has 0 spiro atoms. The Balaban J connectivity index is 2.00. The number of halogens is 2. The highest BCUT2D eigenvalue weighted by Crippen LogP contribution is 2.48. The van der Waals surface area contributed by atoms with Gasteiger partial charge in [-0.25, -0.2) is 0 Å². The monoisotopic (exact) mass is 306 g/mol. The van der Waals surface area contributed by atoms with Crippen LogP contribution >= 0.6 is 23.2 Å². The molecule has 1 aromatic heterocycles. The van der Waals surface area contributed by atoms with Gasteiger partial charge in [0.25, 0.3) is 0 Å². The third-order valence-corrected chi connectivity index (χ3v) is 4.48. The Hall–Kier alpha value is -1.25. The minimum atomic E-state index is 0.103. The molecule has 0 fully saturated rings. The van der Waals surface area contributed by atoms with Crippen molar-refractivity contribution in [3.8, 4) is 0 Å². The van der Waals surface area contributed by atoms with Crippen LogP contribution < -0.4 is 5.32 Å². The summed E-state index contributed by atoms with van der Waals surface area (Å²) in [5.41, 5.74) is 3.56. The second-order valence-corrected chi connectivity index (χ2v) is 6.79. The molecular weight excluding hydrogens is 291 g/mol. The van der Waals surface area contributed by atoms with Gasteiger partial charge in [0, 0.05) is 11.2 Å². The molecule has 3 rings (SSSR count). The molecule has 0 amide bonds. The van der Waals surface area contributed by atoms with Gasteiger partial charge < -0.3 is 5.32 Å². The number of benzene rings is 1. The van der Waals surface area contributed by atoms with Crippen molar-refractivity contribution >= 4 is 28.9 Å². The Kier molecular flexibility index (Phi) is 3.39. The van der Waals surface area contributed by atoms with Gasteiger partial charge >= 0.3 is 0 Å². The Bertz CT molecular complexity index is 653. The molecule has 0 radical (unpaired) electrons. The van der Waals surface area contributed by atoms with Crippen molar-refractivity contribution in [2.45, 2.75) is 26.3 Å². The van der Waals surface area contributed by atoms with Crippen LogP contribution in [-0.2, 0) is 6.42 Å². The third kappa shape index (κ3) is 2.38. The summed E-state index contributed by atoms with van der Waals surface area (Å²) >= 11 is 12.4. The number of hydrogen-bond acceptors (Lipinski definition) is 2. The van der Waals surface area contributed by atoms with Gasteiger partial charge in [0.05, 0.1) is 22.9 Å². The molecule has 0 saturated heterocycles. The number of nitrogens with one attached hydrogen (secondary N) is 1. The van der Waals surface area contributed by atoms with Crippen LogP contribution in [-0.4, -0.2) is 4.98 Å². The maximum Gasteiger partial charge on any atom is 0.0721 e. The van der Waals surface area contributed by atoms with E-state index in [0.29, 0.717) is 5.02 Å². The summed E-state index contributed by atoms with van der Waals surface area (Å²) in [5, 5.41) is 4.99. The fourth-order valence-corrected chi connectivity index (χ4v) is 3.26. The molecule has 4 heteroatoms. The molecule has 20 heavy (non-hydrogen) atoms. The zero-order chi connectivity index (χ0) is 14.3. The fourth-order valence-electron chi connectivity index (χ4n) is 2.92. The SMILES string of the molecule is CC1(C)Cc2ccc(Cl)cc2C1Nc1cnccc1Cl. The Labute approximate surface area is 129 Å². The third-order valence-electron chi connectivity index (χ3n) is 3.91. The van der Waals surface area contributed by atoms with E-state index in [2.05, 4.69) is 30.2 Å². The molecule has 0 saturated carbocycles. The van der Waals surface area contributed by atoms with Crippen molar-refractivity contribution in [3.05, 3.63) is 57.8 Å². The highest BCUT2D eigenvalue weighted by atomic mass is 35.5. The van der Waals surface area contributed by atoms with Gasteiger partial charge in [0.15, 0.2) is 0 Å². The summed E-state index contributed by atoms with van der Waals surface area (Å²) < 4.78 is 0. The van der Waals surface area contributed by atoms with E-state index < -0.39 is 0 Å². The van der Waals surface area contributed by atoms with Gasteiger partial charge in [-0.05, 0) is 41.2 Å². The molecule has 1 aromatic carbocycles. The first kappa shape index (κ1) is 13.7.